The molecule has 2 unspecified atom stereocenters. The molecule has 176 valence electrons. The predicted molar refractivity (Wildman–Crippen MR) is 151 cm³/mol. The van der Waals surface area contributed by atoms with Crippen LogP contribution in [0.4, 0.5) is 0 Å². The van der Waals surface area contributed by atoms with Crippen molar-refractivity contribution in [3.63, 3.8) is 0 Å². The van der Waals surface area contributed by atoms with E-state index in [4.69, 9.17) is 14.4 Å². The molecular weight excluding hydrogens is 484 g/mol. The molecule has 2 atom stereocenters. The van der Waals surface area contributed by atoms with Gasteiger partial charge < -0.3 is 4.42 Å². The van der Waals surface area contributed by atoms with Crippen LogP contribution in [0, 0.1) is 6.92 Å². The van der Waals surface area contributed by atoms with Gasteiger partial charge in [-0.2, -0.15) is 0 Å². The van der Waals surface area contributed by atoms with Crippen LogP contribution in [0.25, 0.3) is 22.4 Å². The van der Waals surface area contributed by atoms with E-state index in [0.29, 0.717) is 10.8 Å². The molecule has 7 rings (SSSR count). The molecule has 0 saturated heterocycles. The monoisotopic (exact) mass is 506 g/mol. The minimum atomic E-state index is -0.516. The summed E-state index contributed by atoms with van der Waals surface area (Å²) in [5.41, 5.74) is 5.10. The highest BCUT2D eigenvalue weighted by Gasteiger charge is 2.60. The van der Waals surface area contributed by atoms with Crippen LogP contribution in [0.5, 0.6) is 0 Å². The van der Waals surface area contributed by atoms with E-state index >= 15 is 0 Å². The number of hydrogen-bond acceptors (Lipinski definition) is 6. The van der Waals surface area contributed by atoms with Gasteiger partial charge in [0.1, 0.15) is 15.7 Å². The maximum atomic E-state index is 13.6. The van der Waals surface area contributed by atoms with E-state index in [2.05, 4.69) is 44.2 Å². The van der Waals surface area contributed by atoms with Crippen LogP contribution < -0.4 is 16.1 Å². The molecule has 0 radical (unpaired) electrons. The number of rotatable bonds is 2. The van der Waals surface area contributed by atoms with E-state index in [-0.39, 0.29) is 5.63 Å². The van der Waals surface area contributed by atoms with Gasteiger partial charge in [0.15, 0.2) is 0 Å². The Morgan fingerprint density at radius 1 is 0.722 bits per heavy atom. The van der Waals surface area contributed by atoms with Gasteiger partial charge >= 0.3 is 5.63 Å². The average Bonchev–Trinajstić information content (AvgIpc) is 3.44. The lowest BCUT2D eigenvalue weighted by Gasteiger charge is -2.42. The lowest BCUT2D eigenvalue weighted by atomic mass is 9.81. The van der Waals surface area contributed by atoms with Gasteiger partial charge in [-0.25, -0.2) is 14.8 Å². The summed E-state index contributed by atoms with van der Waals surface area (Å²) in [4.78, 5) is 24.0. The fourth-order valence-corrected chi connectivity index (χ4v) is 8.24. The minimum absolute atomic E-state index is 0.356. The molecule has 2 aliphatic heterocycles. The maximum Gasteiger partial charge on any atom is 0.346 e. The molecule has 1 aromatic heterocycles. The molecule has 0 N–H and O–H groups in total. The zero-order chi connectivity index (χ0) is 24.7. The molecule has 4 nitrogen and oxygen atoms in total. The molecule has 3 aliphatic rings. The minimum Gasteiger partial charge on any atom is -0.422 e. The van der Waals surface area contributed by atoms with Crippen LogP contribution in [0.15, 0.2) is 98.1 Å². The van der Waals surface area contributed by atoms with Gasteiger partial charge in [0.05, 0.1) is 26.1 Å². The van der Waals surface area contributed by atoms with Crippen molar-refractivity contribution in [3.8, 4) is 0 Å². The standard InChI is InChI=1S/C30H22N2O2S2/c1-17-14-15-20-21(16-17)34-28(33)23-22(20)24-29(2,35-26(31-24)18-10-6-4-7-11-18)30(3)25(23)32-27(36-30)19-12-8-5-9-13-19/h4-16H,1-3H3. The average molecular weight is 507 g/mol. The zero-order valence-electron chi connectivity index (χ0n) is 20.0. The molecule has 0 amide bonds. The van der Waals surface area contributed by atoms with Gasteiger partial charge in [0.2, 0.25) is 0 Å². The Hall–Kier alpha value is -3.35. The van der Waals surface area contributed by atoms with E-state index in [9.17, 15) is 4.79 Å². The van der Waals surface area contributed by atoms with E-state index in [1.54, 1.807) is 23.5 Å². The highest BCUT2D eigenvalue weighted by Crippen LogP contribution is 2.61. The predicted octanol–water partition coefficient (Wildman–Crippen LogP) is 5.24. The summed E-state index contributed by atoms with van der Waals surface area (Å²) in [6, 6.07) is 26.5. The van der Waals surface area contributed by atoms with Crippen molar-refractivity contribution in [3.05, 3.63) is 116 Å². The van der Waals surface area contributed by atoms with Crippen LogP contribution in [-0.4, -0.2) is 19.6 Å². The van der Waals surface area contributed by atoms with Crippen molar-refractivity contribution in [1.29, 1.82) is 0 Å². The molecule has 0 spiro atoms. The molecular formula is C30H22N2O2S2. The molecule has 0 bridgehead atoms. The van der Waals surface area contributed by atoms with E-state index in [1.807, 2.05) is 55.5 Å². The molecule has 4 aromatic rings. The molecule has 0 fully saturated rings. The van der Waals surface area contributed by atoms with Crippen molar-refractivity contribution >= 4 is 56.0 Å². The summed E-state index contributed by atoms with van der Waals surface area (Å²) in [7, 11) is 0. The molecule has 6 heteroatoms. The lowest BCUT2D eigenvalue weighted by Crippen LogP contribution is -2.57. The largest absolute Gasteiger partial charge is 0.422 e. The first-order chi connectivity index (χ1) is 17.4. The van der Waals surface area contributed by atoms with Gasteiger partial charge in [0, 0.05) is 21.7 Å². The molecule has 3 heterocycles. The quantitative estimate of drug-likeness (QED) is 0.349. The molecule has 3 aromatic carbocycles. The van der Waals surface area contributed by atoms with Crippen LogP contribution >= 0.6 is 23.5 Å². The third-order valence-electron chi connectivity index (χ3n) is 7.42. The van der Waals surface area contributed by atoms with Gasteiger partial charge in [-0.3, -0.25) is 0 Å². The van der Waals surface area contributed by atoms with Crippen LogP contribution in [0.3, 0.4) is 0 Å². The Morgan fingerprint density at radius 3 is 1.81 bits per heavy atom. The third-order valence-corrected chi connectivity index (χ3v) is 10.6. The van der Waals surface area contributed by atoms with Crippen molar-refractivity contribution < 1.29 is 4.42 Å². The van der Waals surface area contributed by atoms with Crippen molar-refractivity contribution in [2.24, 2.45) is 9.98 Å². The third kappa shape index (κ3) is 2.88. The second-order valence-electron chi connectivity index (χ2n) is 9.67. The highest BCUT2D eigenvalue weighted by molar-refractivity contribution is 8.20. The van der Waals surface area contributed by atoms with Crippen LogP contribution in [0.1, 0.15) is 30.5 Å². The summed E-state index contributed by atoms with van der Waals surface area (Å²) in [6.07, 6.45) is 0. The van der Waals surface area contributed by atoms with Crippen LogP contribution in [-0.2, 0) is 0 Å². The number of hydrogen-bond donors (Lipinski definition) is 0. The van der Waals surface area contributed by atoms with Crippen molar-refractivity contribution in [1.82, 2.24) is 0 Å². The second-order valence-corrected chi connectivity index (χ2v) is 12.5. The van der Waals surface area contributed by atoms with Gasteiger partial charge in [0.25, 0.3) is 0 Å². The molecule has 36 heavy (non-hydrogen) atoms. The van der Waals surface area contributed by atoms with E-state index in [1.165, 1.54) is 0 Å². The summed E-state index contributed by atoms with van der Waals surface area (Å²) in [5.74, 6) is 0. The summed E-state index contributed by atoms with van der Waals surface area (Å²) in [5, 5.41) is 4.17. The topological polar surface area (TPSA) is 54.9 Å². The maximum absolute atomic E-state index is 13.6. The summed E-state index contributed by atoms with van der Waals surface area (Å²) in [6.45, 7) is 6.45. The Bertz CT molecular complexity index is 1840. The first-order valence-electron chi connectivity index (χ1n) is 11.9. The normalized spacial score (nSPS) is 24.3. The smallest absolute Gasteiger partial charge is 0.346 e. The first-order valence-corrected chi connectivity index (χ1v) is 13.5. The summed E-state index contributed by atoms with van der Waals surface area (Å²) >= 11 is 3.49. The van der Waals surface area contributed by atoms with Gasteiger partial charge in [-0.05, 0) is 32.4 Å². The number of nitrogens with zero attached hydrogens (tertiary/aromatic N) is 2. The molecule has 1 aliphatic carbocycles. The highest BCUT2D eigenvalue weighted by atomic mass is 32.2. The summed E-state index contributed by atoms with van der Waals surface area (Å²) < 4.78 is 4.94. The van der Waals surface area contributed by atoms with Crippen LogP contribution in [0.2, 0.25) is 0 Å². The Kier molecular flexibility index (Phi) is 4.61. The first kappa shape index (κ1) is 21.9. The van der Waals surface area contributed by atoms with E-state index < -0.39 is 9.49 Å². The van der Waals surface area contributed by atoms with Crippen molar-refractivity contribution in [2.45, 2.75) is 30.3 Å². The lowest BCUT2D eigenvalue weighted by molar-refractivity contribution is 0.547. The number of thioether (sulfide) groups is 2. The van der Waals surface area contributed by atoms with Gasteiger partial charge in [-0.15, -0.1) is 0 Å². The Labute approximate surface area is 216 Å². The number of aryl methyl sites for hydroxylation is 1. The second kappa shape index (κ2) is 7.58. The number of aliphatic imine (C=N–C) groups is 2. The SMILES string of the molecule is Cc1ccc2c3c(c(=O)oc2c1)=C1N=C(c2ccccc2)SC1(C)C1(C)SC(c2ccccc2)=NC=31. The fraction of sp³-hybridized carbons (Fsp3) is 0.167. The molecule has 0 saturated carbocycles. The van der Waals surface area contributed by atoms with Crippen molar-refractivity contribution in [2.75, 3.05) is 0 Å². The Morgan fingerprint density at radius 2 is 1.25 bits per heavy atom. The zero-order valence-corrected chi connectivity index (χ0v) is 21.7. The Balaban J connectivity index is 1.65. The van der Waals surface area contributed by atoms with Gasteiger partial charge in [-0.1, -0.05) is 96.3 Å². The van der Waals surface area contributed by atoms with E-state index in [0.717, 1.165) is 48.8 Å². The number of benzene rings is 3. The fourth-order valence-electron chi connectivity index (χ4n) is 5.36. The number of fused-ring (bicyclic) bond motifs is 6.